The van der Waals surface area contributed by atoms with Crippen LogP contribution in [0.25, 0.3) is 0 Å². The fraction of sp³-hybridized carbons (Fsp3) is 0.308. The van der Waals surface area contributed by atoms with Gasteiger partial charge in [-0.25, -0.2) is 0 Å². The quantitative estimate of drug-likeness (QED) is 0.933. The lowest BCUT2D eigenvalue weighted by Gasteiger charge is -2.12. The van der Waals surface area contributed by atoms with E-state index in [0.29, 0.717) is 11.6 Å². The highest BCUT2D eigenvalue weighted by Crippen LogP contribution is 2.23. The topological polar surface area (TPSA) is 38.0 Å². The molecule has 0 aliphatic rings. The molecule has 1 N–H and O–H groups in total. The van der Waals surface area contributed by atoms with E-state index < -0.39 is 6.10 Å². The average Bonchev–Trinajstić information content (AvgIpc) is 2.58. The van der Waals surface area contributed by atoms with Gasteiger partial charge in [0.1, 0.15) is 0 Å². The average molecular weight is 330 g/mol. The van der Waals surface area contributed by atoms with Gasteiger partial charge in [-0.05, 0) is 47.5 Å². The van der Waals surface area contributed by atoms with E-state index in [1.165, 1.54) is 0 Å². The summed E-state index contributed by atoms with van der Waals surface area (Å²) >= 11 is 9.29. The van der Waals surface area contributed by atoms with E-state index in [0.717, 1.165) is 21.4 Å². The molecular weight excluding hydrogens is 316 g/mol. The van der Waals surface area contributed by atoms with Crippen molar-refractivity contribution >= 4 is 27.5 Å². The minimum Gasteiger partial charge on any atom is -0.386 e. The number of aliphatic hydroxyl groups is 1. The SMILES string of the molecule is Cc1nn(CC(O)c2ccc(Cl)cc2)c(C)c1Br. The maximum absolute atomic E-state index is 10.2. The fourth-order valence-corrected chi connectivity index (χ4v) is 2.22. The Morgan fingerprint density at radius 3 is 2.44 bits per heavy atom. The molecule has 3 nitrogen and oxygen atoms in total. The first kappa shape index (κ1) is 13.6. The van der Waals surface area contributed by atoms with Gasteiger partial charge in [-0.15, -0.1) is 0 Å². The van der Waals surface area contributed by atoms with Gasteiger partial charge in [-0.1, -0.05) is 23.7 Å². The van der Waals surface area contributed by atoms with Crippen molar-refractivity contribution in [3.05, 3.63) is 50.7 Å². The predicted octanol–water partition coefficient (Wildman–Crippen LogP) is 3.65. The molecule has 96 valence electrons. The maximum atomic E-state index is 10.2. The van der Waals surface area contributed by atoms with Crippen LogP contribution in [0.4, 0.5) is 0 Å². The number of aryl methyl sites for hydroxylation is 1. The molecule has 1 atom stereocenters. The molecule has 0 spiro atoms. The normalized spacial score (nSPS) is 12.7. The van der Waals surface area contributed by atoms with Crippen LogP contribution >= 0.6 is 27.5 Å². The van der Waals surface area contributed by atoms with Crippen molar-refractivity contribution in [3.8, 4) is 0 Å². The second-order valence-electron chi connectivity index (χ2n) is 4.23. The van der Waals surface area contributed by atoms with Crippen LogP contribution in [0.5, 0.6) is 0 Å². The third-order valence-corrected chi connectivity index (χ3v) is 4.29. The molecule has 1 aromatic heterocycles. The second-order valence-corrected chi connectivity index (χ2v) is 5.46. The number of rotatable bonds is 3. The molecule has 2 rings (SSSR count). The van der Waals surface area contributed by atoms with Crippen molar-refractivity contribution in [2.75, 3.05) is 0 Å². The third-order valence-electron chi connectivity index (χ3n) is 2.89. The van der Waals surface area contributed by atoms with Crippen molar-refractivity contribution in [1.29, 1.82) is 0 Å². The second kappa shape index (κ2) is 5.43. The van der Waals surface area contributed by atoms with Gasteiger partial charge in [-0.3, -0.25) is 4.68 Å². The number of halogens is 2. The highest BCUT2D eigenvalue weighted by molar-refractivity contribution is 9.10. The standard InChI is InChI=1S/C13H14BrClN2O/c1-8-13(14)9(2)17(16-8)7-12(18)10-3-5-11(15)6-4-10/h3-6,12,18H,7H2,1-2H3. The van der Waals surface area contributed by atoms with Crippen molar-refractivity contribution in [1.82, 2.24) is 9.78 Å². The molecule has 2 aromatic rings. The number of benzene rings is 1. The van der Waals surface area contributed by atoms with Gasteiger partial charge in [0.15, 0.2) is 0 Å². The van der Waals surface area contributed by atoms with E-state index in [1.807, 2.05) is 26.0 Å². The van der Waals surface area contributed by atoms with E-state index in [-0.39, 0.29) is 0 Å². The Morgan fingerprint density at radius 2 is 1.94 bits per heavy atom. The van der Waals surface area contributed by atoms with Gasteiger partial charge in [0, 0.05) is 10.7 Å². The summed E-state index contributed by atoms with van der Waals surface area (Å²) in [6.45, 7) is 4.33. The number of aromatic nitrogens is 2. The van der Waals surface area contributed by atoms with E-state index in [4.69, 9.17) is 11.6 Å². The Morgan fingerprint density at radius 1 is 1.33 bits per heavy atom. The van der Waals surface area contributed by atoms with Gasteiger partial charge >= 0.3 is 0 Å². The zero-order valence-corrected chi connectivity index (χ0v) is 12.5. The summed E-state index contributed by atoms with van der Waals surface area (Å²) in [5.74, 6) is 0. The van der Waals surface area contributed by atoms with Gasteiger partial charge in [0.2, 0.25) is 0 Å². The molecule has 0 saturated carbocycles. The Labute approximate surface area is 120 Å². The number of aliphatic hydroxyl groups excluding tert-OH is 1. The summed E-state index contributed by atoms with van der Waals surface area (Å²) in [5.41, 5.74) is 2.78. The first-order valence-corrected chi connectivity index (χ1v) is 6.79. The predicted molar refractivity (Wildman–Crippen MR) is 75.8 cm³/mol. The van der Waals surface area contributed by atoms with Crippen LogP contribution < -0.4 is 0 Å². The van der Waals surface area contributed by atoms with Crippen molar-refractivity contribution in [2.45, 2.75) is 26.5 Å². The zero-order chi connectivity index (χ0) is 13.3. The van der Waals surface area contributed by atoms with Crippen molar-refractivity contribution < 1.29 is 5.11 Å². The van der Waals surface area contributed by atoms with E-state index >= 15 is 0 Å². The lowest BCUT2D eigenvalue weighted by molar-refractivity contribution is 0.150. The number of hydrogen-bond acceptors (Lipinski definition) is 2. The molecule has 0 bridgehead atoms. The summed E-state index contributed by atoms with van der Waals surface area (Å²) < 4.78 is 2.80. The summed E-state index contributed by atoms with van der Waals surface area (Å²) in [5, 5.41) is 15.2. The Hall–Kier alpha value is -0.840. The number of hydrogen-bond donors (Lipinski definition) is 1. The van der Waals surface area contributed by atoms with Crippen LogP contribution in [0, 0.1) is 13.8 Å². The van der Waals surface area contributed by atoms with Crippen LogP contribution in [0.1, 0.15) is 23.1 Å². The highest BCUT2D eigenvalue weighted by atomic mass is 79.9. The molecule has 0 radical (unpaired) electrons. The van der Waals surface area contributed by atoms with E-state index in [9.17, 15) is 5.11 Å². The van der Waals surface area contributed by atoms with Crippen molar-refractivity contribution in [2.24, 2.45) is 0 Å². The van der Waals surface area contributed by atoms with Gasteiger partial charge in [0.05, 0.1) is 22.8 Å². The molecule has 0 fully saturated rings. The van der Waals surface area contributed by atoms with Crippen molar-refractivity contribution in [3.63, 3.8) is 0 Å². The molecule has 1 unspecified atom stereocenters. The van der Waals surface area contributed by atoms with Crippen LogP contribution in [0.2, 0.25) is 5.02 Å². The molecule has 0 aliphatic heterocycles. The molecule has 0 saturated heterocycles. The summed E-state index contributed by atoms with van der Waals surface area (Å²) in [7, 11) is 0. The molecule has 1 heterocycles. The molecule has 5 heteroatoms. The lowest BCUT2D eigenvalue weighted by atomic mass is 10.1. The van der Waals surface area contributed by atoms with Crippen LogP contribution in [0.15, 0.2) is 28.7 Å². The van der Waals surface area contributed by atoms with Crippen LogP contribution in [-0.4, -0.2) is 14.9 Å². The lowest BCUT2D eigenvalue weighted by Crippen LogP contribution is -2.11. The van der Waals surface area contributed by atoms with Gasteiger partial charge in [-0.2, -0.15) is 5.10 Å². The number of nitrogens with zero attached hydrogens (tertiary/aromatic N) is 2. The van der Waals surface area contributed by atoms with Crippen LogP contribution in [-0.2, 0) is 6.54 Å². The molecule has 0 amide bonds. The highest BCUT2D eigenvalue weighted by Gasteiger charge is 2.13. The zero-order valence-electron chi connectivity index (χ0n) is 10.2. The molecule has 1 aromatic carbocycles. The first-order chi connectivity index (χ1) is 8.49. The summed E-state index contributed by atoms with van der Waals surface area (Å²) in [6, 6.07) is 7.20. The van der Waals surface area contributed by atoms with Crippen LogP contribution in [0.3, 0.4) is 0 Å². The third kappa shape index (κ3) is 2.76. The smallest absolute Gasteiger partial charge is 0.0986 e. The summed E-state index contributed by atoms with van der Waals surface area (Å²) in [4.78, 5) is 0. The van der Waals surface area contributed by atoms with E-state index in [2.05, 4.69) is 21.0 Å². The minimum atomic E-state index is -0.591. The van der Waals surface area contributed by atoms with Gasteiger partial charge in [0.25, 0.3) is 0 Å². The fourth-order valence-electron chi connectivity index (χ4n) is 1.81. The molecular formula is C13H14BrClN2O. The maximum Gasteiger partial charge on any atom is 0.0986 e. The van der Waals surface area contributed by atoms with E-state index in [1.54, 1.807) is 16.8 Å². The Balaban J connectivity index is 2.18. The monoisotopic (exact) mass is 328 g/mol. The largest absolute Gasteiger partial charge is 0.386 e. The molecule has 0 aliphatic carbocycles. The summed E-state index contributed by atoms with van der Waals surface area (Å²) in [6.07, 6.45) is -0.591. The molecule has 18 heavy (non-hydrogen) atoms. The minimum absolute atomic E-state index is 0.430. The Bertz CT molecular complexity index is 551. The Kier molecular flexibility index (Phi) is 4.10. The first-order valence-electron chi connectivity index (χ1n) is 5.62. The van der Waals surface area contributed by atoms with Gasteiger partial charge < -0.3 is 5.11 Å².